The number of esters is 1. The van der Waals surface area contributed by atoms with E-state index in [9.17, 15) is 36.9 Å². The maximum atomic E-state index is 14.0. The molecule has 0 fully saturated rings. The van der Waals surface area contributed by atoms with Crippen molar-refractivity contribution in [3.8, 4) is 0 Å². The Kier molecular flexibility index (Phi) is 7.09. The number of thioether (sulfide) groups is 1. The Morgan fingerprint density at radius 2 is 1.84 bits per heavy atom. The third-order valence-corrected chi connectivity index (χ3v) is 8.06. The molecule has 4 rings (SSSR count). The molecule has 0 spiro atoms. The molecular weight excluding hydrogens is 530 g/mol. The first-order chi connectivity index (χ1) is 17.5. The Morgan fingerprint density at radius 1 is 1.14 bits per heavy atom. The molecule has 190 valence electrons. The number of amides is 1. The Labute approximate surface area is 213 Å². The molecule has 0 radical (unpaired) electrons. The lowest BCUT2D eigenvalue weighted by atomic mass is 10.1. The van der Waals surface area contributed by atoms with Crippen molar-refractivity contribution >= 4 is 50.9 Å². The topological polar surface area (TPSA) is 133 Å². The van der Waals surface area contributed by atoms with Gasteiger partial charge in [-0.3, -0.25) is 14.9 Å². The second kappa shape index (κ2) is 10.1. The van der Waals surface area contributed by atoms with Crippen LogP contribution in [0.15, 0.2) is 69.3 Å². The van der Waals surface area contributed by atoms with Gasteiger partial charge in [-0.25, -0.2) is 22.0 Å². The summed E-state index contributed by atoms with van der Waals surface area (Å²) >= 11 is 0.860. The molecule has 37 heavy (non-hydrogen) atoms. The first kappa shape index (κ1) is 26.0. The Morgan fingerprint density at radius 3 is 2.49 bits per heavy atom. The van der Waals surface area contributed by atoms with Crippen molar-refractivity contribution in [2.45, 2.75) is 15.5 Å². The summed E-state index contributed by atoms with van der Waals surface area (Å²) in [6.45, 7) is 0. The number of nitro benzene ring substituents is 1. The standard InChI is InChI=1S/C24H16F2N2O7S2/c1-35-24(30)14-6-5-13(20(9-14)28(31)32)10-22-23(29)27-19-8-7-15(11-21(19)36-22)37(33,34)12-16-17(25)3-2-4-18(16)26/h2-11H,12H2,1H3,(H,27,29)/b22-10-. The van der Waals surface area contributed by atoms with Crippen molar-refractivity contribution < 1.29 is 36.4 Å². The predicted octanol–water partition coefficient (Wildman–Crippen LogP) is 4.72. The molecule has 1 N–H and O–H groups in total. The van der Waals surface area contributed by atoms with Gasteiger partial charge < -0.3 is 10.1 Å². The van der Waals surface area contributed by atoms with E-state index in [1.807, 2.05) is 0 Å². The smallest absolute Gasteiger partial charge is 0.338 e. The Hall–Kier alpha value is -4.10. The average molecular weight is 547 g/mol. The zero-order valence-corrected chi connectivity index (χ0v) is 20.5. The van der Waals surface area contributed by atoms with Crippen molar-refractivity contribution in [2.75, 3.05) is 12.4 Å². The van der Waals surface area contributed by atoms with Crippen molar-refractivity contribution in [3.63, 3.8) is 0 Å². The first-order valence-electron chi connectivity index (χ1n) is 10.4. The van der Waals surface area contributed by atoms with Crippen molar-refractivity contribution in [2.24, 2.45) is 0 Å². The van der Waals surface area contributed by atoms with Crippen LogP contribution in [-0.2, 0) is 25.1 Å². The number of sulfone groups is 1. The van der Waals surface area contributed by atoms with Gasteiger partial charge in [-0.15, -0.1) is 0 Å². The molecule has 0 saturated carbocycles. The zero-order valence-electron chi connectivity index (χ0n) is 18.9. The summed E-state index contributed by atoms with van der Waals surface area (Å²) in [6, 6.07) is 10.4. The van der Waals surface area contributed by atoms with Crippen LogP contribution in [0.1, 0.15) is 21.5 Å². The molecule has 9 nitrogen and oxygen atoms in total. The Balaban J connectivity index is 1.69. The number of benzene rings is 3. The minimum Gasteiger partial charge on any atom is -0.465 e. The molecule has 1 heterocycles. The molecule has 0 aromatic heterocycles. The van der Waals surface area contributed by atoms with E-state index in [0.29, 0.717) is 10.6 Å². The lowest BCUT2D eigenvalue weighted by Crippen LogP contribution is -2.18. The van der Waals surface area contributed by atoms with E-state index in [-0.39, 0.29) is 20.9 Å². The van der Waals surface area contributed by atoms with Gasteiger partial charge in [-0.05, 0) is 48.5 Å². The average Bonchev–Trinajstić information content (AvgIpc) is 2.86. The third kappa shape index (κ3) is 5.37. The second-order valence-electron chi connectivity index (χ2n) is 7.70. The van der Waals surface area contributed by atoms with Gasteiger partial charge in [0.2, 0.25) is 0 Å². The number of nitro groups is 1. The maximum Gasteiger partial charge on any atom is 0.338 e. The molecule has 1 aliphatic heterocycles. The number of rotatable bonds is 6. The molecule has 3 aromatic rings. The van der Waals surface area contributed by atoms with Crippen LogP contribution in [0.25, 0.3) is 6.08 Å². The number of carbonyl (C=O) groups excluding carboxylic acids is 2. The molecule has 0 bridgehead atoms. The molecule has 0 unspecified atom stereocenters. The SMILES string of the molecule is COC(=O)c1ccc(/C=C2\Sc3cc(S(=O)(=O)Cc4c(F)cccc4F)ccc3NC2=O)c([N+](=O)[O-])c1. The number of halogens is 2. The Bertz CT molecular complexity index is 1580. The van der Waals surface area contributed by atoms with Crippen LogP contribution in [0.4, 0.5) is 20.2 Å². The molecule has 0 aliphatic carbocycles. The van der Waals surface area contributed by atoms with Gasteiger partial charge in [0.05, 0.1) is 44.4 Å². The number of nitrogens with one attached hydrogen (secondary N) is 1. The maximum absolute atomic E-state index is 14.0. The van der Waals surface area contributed by atoms with Crippen LogP contribution in [0.5, 0.6) is 0 Å². The van der Waals surface area contributed by atoms with Gasteiger partial charge in [0.1, 0.15) is 11.6 Å². The highest BCUT2D eigenvalue weighted by molar-refractivity contribution is 8.04. The van der Waals surface area contributed by atoms with E-state index in [4.69, 9.17) is 0 Å². The van der Waals surface area contributed by atoms with Gasteiger partial charge in [0.25, 0.3) is 11.6 Å². The van der Waals surface area contributed by atoms with E-state index < -0.39 is 55.3 Å². The normalized spacial score (nSPS) is 14.1. The summed E-state index contributed by atoms with van der Waals surface area (Å²) in [5, 5.41) is 14.1. The summed E-state index contributed by atoms with van der Waals surface area (Å²) in [5.74, 6) is -4.26. The summed E-state index contributed by atoms with van der Waals surface area (Å²) in [4.78, 5) is 35.3. The highest BCUT2D eigenvalue weighted by Gasteiger charge is 2.27. The molecule has 1 amide bonds. The van der Waals surface area contributed by atoms with Crippen LogP contribution in [0.3, 0.4) is 0 Å². The summed E-state index contributed by atoms with van der Waals surface area (Å²) in [5.41, 5.74) is -0.776. The fraction of sp³-hybridized carbons (Fsp3) is 0.0833. The fourth-order valence-corrected chi connectivity index (χ4v) is 5.93. The monoisotopic (exact) mass is 546 g/mol. The number of methoxy groups -OCH3 is 1. The zero-order chi connectivity index (χ0) is 26.9. The van der Waals surface area contributed by atoms with E-state index >= 15 is 0 Å². The van der Waals surface area contributed by atoms with Gasteiger partial charge in [0.15, 0.2) is 9.84 Å². The molecule has 0 atom stereocenters. The summed E-state index contributed by atoms with van der Waals surface area (Å²) in [7, 11) is -3.04. The van der Waals surface area contributed by atoms with Crippen molar-refractivity contribution in [3.05, 3.63) is 97.9 Å². The minimum atomic E-state index is -4.17. The van der Waals surface area contributed by atoms with Gasteiger partial charge in [0, 0.05) is 16.5 Å². The van der Waals surface area contributed by atoms with Gasteiger partial charge in [-0.2, -0.15) is 0 Å². The molecule has 1 aliphatic rings. The van der Waals surface area contributed by atoms with Crippen molar-refractivity contribution in [1.82, 2.24) is 0 Å². The van der Waals surface area contributed by atoms with Crippen LogP contribution in [-0.4, -0.2) is 32.3 Å². The number of fused-ring (bicyclic) bond motifs is 1. The van der Waals surface area contributed by atoms with Gasteiger partial charge >= 0.3 is 5.97 Å². The lowest BCUT2D eigenvalue weighted by molar-refractivity contribution is -0.385. The molecular formula is C24H16F2N2O7S2. The quantitative estimate of drug-likeness (QED) is 0.203. The van der Waals surface area contributed by atoms with E-state index in [2.05, 4.69) is 10.1 Å². The lowest BCUT2D eigenvalue weighted by Gasteiger charge is -2.19. The summed E-state index contributed by atoms with van der Waals surface area (Å²) in [6.07, 6.45) is 1.23. The fourth-order valence-electron chi connectivity index (χ4n) is 3.48. The summed E-state index contributed by atoms with van der Waals surface area (Å²) < 4.78 is 58.4. The number of nitrogens with zero attached hydrogens (tertiary/aromatic N) is 1. The number of hydrogen-bond acceptors (Lipinski definition) is 8. The largest absolute Gasteiger partial charge is 0.465 e. The number of anilines is 1. The van der Waals surface area contributed by atoms with E-state index in [1.54, 1.807) is 0 Å². The molecule has 13 heteroatoms. The van der Waals surface area contributed by atoms with Crippen LogP contribution < -0.4 is 5.32 Å². The van der Waals surface area contributed by atoms with Crippen LogP contribution in [0, 0.1) is 21.7 Å². The number of carbonyl (C=O) groups is 2. The highest BCUT2D eigenvalue weighted by atomic mass is 32.2. The third-order valence-electron chi connectivity index (χ3n) is 5.33. The van der Waals surface area contributed by atoms with Crippen molar-refractivity contribution in [1.29, 1.82) is 0 Å². The second-order valence-corrected chi connectivity index (χ2v) is 10.8. The van der Waals surface area contributed by atoms with E-state index in [1.165, 1.54) is 36.4 Å². The highest BCUT2D eigenvalue weighted by Crippen LogP contribution is 2.41. The van der Waals surface area contributed by atoms with Crippen LogP contribution in [0.2, 0.25) is 0 Å². The number of hydrogen-bond donors (Lipinski definition) is 1. The molecule has 3 aromatic carbocycles. The number of ether oxygens (including phenoxy) is 1. The first-order valence-corrected chi connectivity index (χ1v) is 12.8. The molecule has 0 saturated heterocycles. The van der Waals surface area contributed by atoms with Gasteiger partial charge in [-0.1, -0.05) is 17.8 Å². The minimum absolute atomic E-state index is 0.0103. The van der Waals surface area contributed by atoms with Crippen LogP contribution >= 0.6 is 11.8 Å². The predicted molar refractivity (Wildman–Crippen MR) is 131 cm³/mol. The van der Waals surface area contributed by atoms with E-state index in [0.717, 1.165) is 43.1 Å².